The Hall–Kier alpha value is -5.33. The number of anilines is 2. The van der Waals surface area contributed by atoms with Gasteiger partial charge in [0.2, 0.25) is 0 Å². The molecule has 1 aliphatic heterocycles. The summed E-state index contributed by atoms with van der Waals surface area (Å²) in [7, 11) is 1.81. The van der Waals surface area contributed by atoms with E-state index in [9.17, 15) is 4.79 Å². The molecule has 5 nitrogen and oxygen atoms in total. The van der Waals surface area contributed by atoms with E-state index in [2.05, 4.69) is 119 Å². The molecular weight excluding hydrogens is 585 g/mol. The van der Waals surface area contributed by atoms with Crippen molar-refractivity contribution in [1.82, 2.24) is 9.55 Å². The largest absolute Gasteiger partial charge is 0.354 e. The van der Waals surface area contributed by atoms with Crippen LogP contribution in [0.25, 0.3) is 6.08 Å². The molecule has 1 aliphatic rings. The molecule has 226 valence electrons. The molecule has 46 heavy (non-hydrogen) atoms. The predicted molar refractivity (Wildman–Crippen MR) is 190 cm³/mol. The van der Waals surface area contributed by atoms with Crippen LogP contribution in [0.2, 0.25) is 0 Å². The minimum absolute atomic E-state index is 0.107. The Morgan fingerprint density at radius 1 is 0.717 bits per heavy atom. The van der Waals surface area contributed by atoms with Gasteiger partial charge in [-0.1, -0.05) is 169 Å². The van der Waals surface area contributed by atoms with Crippen molar-refractivity contribution < 1.29 is 0 Å². The lowest BCUT2D eigenvalue weighted by Gasteiger charge is -2.46. The molecule has 0 saturated carbocycles. The zero-order valence-corrected chi connectivity index (χ0v) is 26.3. The second-order valence-corrected chi connectivity index (χ2v) is 12.2. The van der Waals surface area contributed by atoms with Gasteiger partial charge in [-0.15, -0.1) is 0 Å². The normalized spacial score (nSPS) is 14.3. The summed E-state index contributed by atoms with van der Waals surface area (Å²) in [6.07, 6.45) is 3.85. The lowest BCUT2D eigenvalue weighted by molar-refractivity contribution is 0.541. The summed E-state index contributed by atoms with van der Waals surface area (Å²) in [4.78, 5) is 21.8. The van der Waals surface area contributed by atoms with Crippen molar-refractivity contribution in [3.8, 4) is 0 Å². The van der Waals surface area contributed by atoms with Crippen LogP contribution in [0.15, 0.2) is 168 Å². The Morgan fingerprint density at radius 2 is 1.20 bits per heavy atom. The number of nitrogens with zero attached hydrogens (tertiary/aromatic N) is 3. The number of nitrogens with one attached hydrogen (secondary N) is 1. The average Bonchev–Trinajstić information content (AvgIpc) is 3.49. The summed E-state index contributed by atoms with van der Waals surface area (Å²) in [5, 5.41) is 4.28. The maximum Gasteiger partial charge on any atom is 0.279 e. The molecule has 1 atom stereocenters. The molecule has 0 saturated heterocycles. The number of rotatable bonds is 9. The second kappa shape index (κ2) is 13.0. The molecule has 1 unspecified atom stereocenters. The summed E-state index contributed by atoms with van der Waals surface area (Å²) in [5.74, 6) is 1.32. The van der Waals surface area contributed by atoms with Crippen LogP contribution < -0.4 is 15.8 Å². The molecule has 1 N–H and O–H groups in total. The maximum atomic E-state index is 14.2. The van der Waals surface area contributed by atoms with Crippen molar-refractivity contribution in [3.05, 3.63) is 196 Å². The first kappa shape index (κ1) is 29.4. The molecule has 0 fully saturated rings. The van der Waals surface area contributed by atoms with E-state index >= 15 is 0 Å². The highest BCUT2D eigenvalue weighted by molar-refractivity contribution is 7.98. The van der Waals surface area contributed by atoms with Gasteiger partial charge in [-0.3, -0.25) is 9.36 Å². The summed E-state index contributed by atoms with van der Waals surface area (Å²) in [6.45, 7) is 0. The van der Waals surface area contributed by atoms with Gasteiger partial charge >= 0.3 is 0 Å². The number of aromatic nitrogens is 2. The lowest BCUT2D eigenvalue weighted by Crippen LogP contribution is -2.53. The van der Waals surface area contributed by atoms with Crippen molar-refractivity contribution >= 4 is 29.3 Å². The van der Waals surface area contributed by atoms with Crippen molar-refractivity contribution in [2.45, 2.75) is 22.6 Å². The molecule has 0 spiro atoms. The minimum atomic E-state index is -0.839. The van der Waals surface area contributed by atoms with Crippen molar-refractivity contribution in [2.24, 2.45) is 7.05 Å². The van der Waals surface area contributed by atoms with Crippen LogP contribution in [0.5, 0.6) is 0 Å². The number of thioether (sulfide) groups is 1. The third kappa shape index (κ3) is 5.41. The maximum absolute atomic E-state index is 14.2. The van der Waals surface area contributed by atoms with Gasteiger partial charge in [0, 0.05) is 12.8 Å². The van der Waals surface area contributed by atoms with E-state index < -0.39 is 11.7 Å². The third-order valence-electron chi connectivity index (χ3n) is 8.45. The summed E-state index contributed by atoms with van der Waals surface area (Å²) in [5.41, 5.74) is 5.00. The fourth-order valence-electron chi connectivity index (χ4n) is 6.29. The fourth-order valence-corrected chi connectivity index (χ4v) is 7.21. The van der Waals surface area contributed by atoms with E-state index in [4.69, 9.17) is 4.98 Å². The van der Waals surface area contributed by atoms with Crippen LogP contribution in [0.3, 0.4) is 0 Å². The molecule has 6 aromatic rings. The van der Waals surface area contributed by atoms with Crippen molar-refractivity contribution in [1.29, 1.82) is 0 Å². The first-order valence-corrected chi connectivity index (χ1v) is 16.4. The summed E-state index contributed by atoms with van der Waals surface area (Å²) in [6, 6.07) is 52.1. The highest BCUT2D eigenvalue weighted by atomic mass is 32.2. The standard InChI is InChI=1S/C40H34N4OS/c1-43-38(45)36-37(42-39(43)46-29-31-19-9-3-10-20-31)44(35(41-36)28-27-30-17-7-2-8-18-30)40(32-21-11-4-12-22-32,33-23-13-5-14-24-33)34-25-15-6-16-26-34/h2-28,35,41H,29H2,1H3/b28-27+. The Morgan fingerprint density at radius 3 is 1.72 bits per heavy atom. The zero-order chi connectivity index (χ0) is 31.3. The quantitative estimate of drug-likeness (QED) is 0.100. The van der Waals surface area contributed by atoms with E-state index in [1.165, 1.54) is 5.56 Å². The first-order chi connectivity index (χ1) is 22.7. The van der Waals surface area contributed by atoms with Gasteiger partial charge in [-0.25, -0.2) is 4.98 Å². The first-order valence-electron chi connectivity index (χ1n) is 15.4. The molecule has 0 amide bonds. The predicted octanol–water partition coefficient (Wildman–Crippen LogP) is 8.34. The van der Waals surface area contributed by atoms with Crippen LogP contribution >= 0.6 is 11.8 Å². The van der Waals surface area contributed by atoms with Gasteiger partial charge in [-0.2, -0.15) is 0 Å². The molecule has 0 bridgehead atoms. The van der Waals surface area contributed by atoms with E-state index in [-0.39, 0.29) is 5.56 Å². The van der Waals surface area contributed by atoms with Crippen molar-refractivity contribution in [3.63, 3.8) is 0 Å². The summed E-state index contributed by atoms with van der Waals surface area (Å²) >= 11 is 1.57. The third-order valence-corrected chi connectivity index (χ3v) is 9.55. The van der Waals surface area contributed by atoms with Crippen LogP contribution in [-0.2, 0) is 18.3 Å². The molecule has 6 heteroatoms. The van der Waals surface area contributed by atoms with Gasteiger partial charge in [-0.05, 0) is 33.9 Å². The van der Waals surface area contributed by atoms with Gasteiger partial charge in [0.15, 0.2) is 11.0 Å². The van der Waals surface area contributed by atoms with Gasteiger partial charge in [0.25, 0.3) is 5.56 Å². The van der Waals surface area contributed by atoms with Crippen LogP contribution in [0.4, 0.5) is 11.5 Å². The Balaban J connectivity index is 1.49. The number of fused-ring (bicyclic) bond motifs is 1. The van der Waals surface area contributed by atoms with E-state index in [0.29, 0.717) is 22.4 Å². The zero-order valence-electron chi connectivity index (χ0n) is 25.5. The molecular formula is C40H34N4OS. The molecule has 1 aromatic heterocycles. The Kier molecular flexibility index (Phi) is 8.28. The smallest absolute Gasteiger partial charge is 0.279 e. The topological polar surface area (TPSA) is 50.2 Å². The van der Waals surface area contributed by atoms with Crippen molar-refractivity contribution in [2.75, 3.05) is 10.2 Å². The summed E-state index contributed by atoms with van der Waals surface area (Å²) < 4.78 is 1.66. The number of hydrogen-bond donors (Lipinski definition) is 1. The van der Waals surface area contributed by atoms with Gasteiger partial charge < -0.3 is 10.2 Å². The average molecular weight is 619 g/mol. The number of benzene rings is 5. The fraction of sp³-hybridized carbons (Fsp3) is 0.100. The number of hydrogen-bond acceptors (Lipinski definition) is 5. The molecule has 5 aromatic carbocycles. The lowest BCUT2D eigenvalue weighted by atomic mass is 9.75. The van der Waals surface area contributed by atoms with Crippen LogP contribution in [-0.4, -0.2) is 15.7 Å². The van der Waals surface area contributed by atoms with Gasteiger partial charge in [0.05, 0.1) is 0 Å². The minimum Gasteiger partial charge on any atom is -0.354 e. The van der Waals surface area contributed by atoms with E-state index in [1.807, 2.05) is 54.6 Å². The molecule has 7 rings (SSSR count). The molecule has 2 heterocycles. The van der Waals surface area contributed by atoms with E-state index in [1.54, 1.807) is 23.4 Å². The Labute approximate surface area is 273 Å². The van der Waals surface area contributed by atoms with E-state index in [0.717, 1.165) is 22.3 Å². The Bertz CT molecular complexity index is 1900. The van der Waals surface area contributed by atoms with Crippen LogP contribution in [0, 0.1) is 0 Å². The second-order valence-electron chi connectivity index (χ2n) is 11.3. The van der Waals surface area contributed by atoms with Crippen LogP contribution in [0.1, 0.15) is 27.8 Å². The molecule has 0 radical (unpaired) electrons. The highest BCUT2D eigenvalue weighted by Gasteiger charge is 2.50. The SMILES string of the molecule is Cn1c(SCc2ccccc2)nc2c(c1=O)NC(/C=C/c1ccccc1)N2C(c1ccccc1)(c1ccccc1)c1ccccc1. The molecule has 0 aliphatic carbocycles. The van der Waals surface area contributed by atoms with Gasteiger partial charge in [0.1, 0.15) is 17.4 Å². The monoisotopic (exact) mass is 618 g/mol. The highest BCUT2D eigenvalue weighted by Crippen LogP contribution is 2.49.